The van der Waals surface area contributed by atoms with E-state index in [-0.39, 0.29) is 5.82 Å². The number of carbonyl (C=O) groups excluding carboxylic acids is 1. The predicted molar refractivity (Wildman–Crippen MR) is 59.1 cm³/mol. The number of primary amides is 1. The monoisotopic (exact) mass is 222 g/mol. The summed E-state index contributed by atoms with van der Waals surface area (Å²) in [6.45, 7) is 1.74. The molecule has 3 nitrogen and oxygen atoms in total. The van der Waals surface area contributed by atoms with Gasteiger partial charge in [0, 0.05) is 6.04 Å². The molecule has 1 fully saturated rings. The van der Waals surface area contributed by atoms with Crippen molar-refractivity contribution >= 4 is 5.91 Å². The summed E-state index contributed by atoms with van der Waals surface area (Å²) in [4.78, 5) is 11.5. The number of hydrogen-bond donors (Lipinski definition) is 2. The van der Waals surface area contributed by atoms with Crippen LogP contribution in [0.4, 0.5) is 4.39 Å². The highest BCUT2D eigenvalue weighted by Gasteiger charge is 2.38. The van der Waals surface area contributed by atoms with E-state index in [0.29, 0.717) is 11.6 Å². The van der Waals surface area contributed by atoms with E-state index in [1.54, 1.807) is 19.1 Å². The third-order valence-electron chi connectivity index (χ3n) is 2.98. The molecular weight excluding hydrogens is 207 g/mol. The van der Waals surface area contributed by atoms with Crippen LogP contribution in [0.2, 0.25) is 0 Å². The first-order valence-corrected chi connectivity index (χ1v) is 5.36. The molecule has 0 aromatic heterocycles. The lowest BCUT2D eigenvalue weighted by molar-refractivity contribution is -0.124. The summed E-state index contributed by atoms with van der Waals surface area (Å²) in [5, 5.41) is 3.21. The van der Waals surface area contributed by atoms with Gasteiger partial charge < -0.3 is 5.73 Å². The van der Waals surface area contributed by atoms with Gasteiger partial charge in [0.1, 0.15) is 11.4 Å². The number of nitrogens with one attached hydrogen (secondary N) is 1. The number of amides is 1. The highest BCUT2D eigenvalue weighted by atomic mass is 19.1. The second-order valence-electron chi connectivity index (χ2n) is 4.41. The van der Waals surface area contributed by atoms with Crippen LogP contribution in [0.5, 0.6) is 0 Å². The minimum atomic E-state index is -0.908. The molecule has 1 aromatic carbocycles. The van der Waals surface area contributed by atoms with Crippen LogP contribution in [-0.4, -0.2) is 11.9 Å². The molecular formula is C12H15FN2O. The highest BCUT2D eigenvalue weighted by molar-refractivity contribution is 5.85. The van der Waals surface area contributed by atoms with Crippen LogP contribution in [0.15, 0.2) is 24.3 Å². The topological polar surface area (TPSA) is 55.1 Å². The lowest BCUT2D eigenvalue weighted by atomic mass is 9.91. The SMILES string of the molecule is CC(NC1CC1)(C(N)=O)c1ccc(F)cc1. The van der Waals surface area contributed by atoms with Gasteiger partial charge in [0.05, 0.1) is 0 Å². The van der Waals surface area contributed by atoms with Gasteiger partial charge in [-0.05, 0) is 37.5 Å². The molecule has 1 atom stereocenters. The van der Waals surface area contributed by atoms with Gasteiger partial charge in [0.25, 0.3) is 0 Å². The van der Waals surface area contributed by atoms with E-state index < -0.39 is 11.4 Å². The van der Waals surface area contributed by atoms with Gasteiger partial charge in [-0.25, -0.2) is 4.39 Å². The summed E-state index contributed by atoms with van der Waals surface area (Å²) in [5.74, 6) is -0.756. The van der Waals surface area contributed by atoms with Crippen molar-refractivity contribution in [3.63, 3.8) is 0 Å². The Labute approximate surface area is 93.8 Å². The molecule has 1 saturated carbocycles. The summed E-state index contributed by atoms with van der Waals surface area (Å²) >= 11 is 0. The molecule has 0 bridgehead atoms. The van der Waals surface area contributed by atoms with E-state index in [1.165, 1.54) is 12.1 Å². The number of rotatable bonds is 4. The molecule has 0 heterocycles. The first-order chi connectivity index (χ1) is 7.52. The number of carbonyl (C=O) groups is 1. The Hall–Kier alpha value is -1.42. The predicted octanol–water partition coefficient (Wildman–Crippen LogP) is 1.28. The maximum atomic E-state index is 12.8. The van der Waals surface area contributed by atoms with E-state index in [0.717, 1.165) is 12.8 Å². The third-order valence-corrected chi connectivity index (χ3v) is 2.98. The van der Waals surface area contributed by atoms with Crippen molar-refractivity contribution in [1.82, 2.24) is 5.32 Å². The largest absolute Gasteiger partial charge is 0.368 e. The quantitative estimate of drug-likeness (QED) is 0.806. The molecule has 1 aliphatic rings. The van der Waals surface area contributed by atoms with Crippen molar-refractivity contribution in [2.75, 3.05) is 0 Å². The molecule has 1 amide bonds. The van der Waals surface area contributed by atoms with Gasteiger partial charge in [-0.1, -0.05) is 12.1 Å². The standard InChI is InChI=1S/C12H15FN2O/c1-12(11(14)16,15-10-6-7-10)8-2-4-9(13)5-3-8/h2-5,10,15H,6-7H2,1H3,(H2,14,16). The van der Waals surface area contributed by atoms with E-state index >= 15 is 0 Å². The average molecular weight is 222 g/mol. The van der Waals surface area contributed by atoms with Crippen LogP contribution in [0.25, 0.3) is 0 Å². The van der Waals surface area contributed by atoms with Crippen molar-refractivity contribution in [2.24, 2.45) is 5.73 Å². The minimum absolute atomic E-state index is 0.318. The zero-order valence-corrected chi connectivity index (χ0v) is 9.16. The summed E-state index contributed by atoms with van der Waals surface area (Å²) < 4.78 is 12.8. The molecule has 0 saturated heterocycles. The van der Waals surface area contributed by atoms with Gasteiger partial charge >= 0.3 is 0 Å². The van der Waals surface area contributed by atoms with E-state index in [9.17, 15) is 9.18 Å². The fraction of sp³-hybridized carbons (Fsp3) is 0.417. The normalized spacial score (nSPS) is 19.1. The van der Waals surface area contributed by atoms with Crippen molar-refractivity contribution < 1.29 is 9.18 Å². The summed E-state index contributed by atoms with van der Waals surface area (Å²) in [7, 11) is 0. The zero-order chi connectivity index (χ0) is 11.8. The van der Waals surface area contributed by atoms with Crippen LogP contribution in [0.1, 0.15) is 25.3 Å². The summed E-state index contributed by atoms with van der Waals surface area (Å²) in [6.07, 6.45) is 2.12. The lowest BCUT2D eigenvalue weighted by Crippen LogP contribution is -2.51. The van der Waals surface area contributed by atoms with Gasteiger partial charge in [-0.2, -0.15) is 0 Å². The number of halogens is 1. The highest BCUT2D eigenvalue weighted by Crippen LogP contribution is 2.28. The zero-order valence-electron chi connectivity index (χ0n) is 9.16. The molecule has 1 unspecified atom stereocenters. The molecule has 1 aliphatic carbocycles. The molecule has 3 N–H and O–H groups in total. The Kier molecular flexibility index (Phi) is 2.68. The first-order valence-electron chi connectivity index (χ1n) is 5.36. The number of hydrogen-bond acceptors (Lipinski definition) is 2. The van der Waals surface area contributed by atoms with E-state index in [2.05, 4.69) is 5.32 Å². The maximum absolute atomic E-state index is 12.8. The fourth-order valence-electron chi connectivity index (χ4n) is 1.72. The number of nitrogens with two attached hydrogens (primary N) is 1. The second-order valence-corrected chi connectivity index (χ2v) is 4.41. The molecule has 1 aromatic rings. The van der Waals surface area contributed by atoms with Crippen molar-refractivity contribution in [2.45, 2.75) is 31.3 Å². The Bertz CT molecular complexity index is 400. The molecule has 2 rings (SSSR count). The van der Waals surface area contributed by atoms with Crippen LogP contribution in [0.3, 0.4) is 0 Å². The minimum Gasteiger partial charge on any atom is -0.368 e. The van der Waals surface area contributed by atoms with Gasteiger partial charge in [0.15, 0.2) is 0 Å². The fourth-order valence-corrected chi connectivity index (χ4v) is 1.72. The molecule has 4 heteroatoms. The van der Waals surface area contributed by atoms with Crippen LogP contribution < -0.4 is 11.1 Å². The molecule has 0 aliphatic heterocycles. The summed E-state index contributed by atoms with van der Waals surface area (Å²) in [5.41, 5.74) is 5.22. The smallest absolute Gasteiger partial charge is 0.242 e. The van der Waals surface area contributed by atoms with E-state index in [4.69, 9.17) is 5.73 Å². The van der Waals surface area contributed by atoms with Crippen LogP contribution >= 0.6 is 0 Å². The second kappa shape index (κ2) is 3.87. The number of benzene rings is 1. The molecule has 0 spiro atoms. The van der Waals surface area contributed by atoms with Crippen LogP contribution in [0, 0.1) is 5.82 Å². The molecule has 16 heavy (non-hydrogen) atoms. The summed E-state index contributed by atoms with van der Waals surface area (Å²) in [6, 6.07) is 6.21. The lowest BCUT2D eigenvalue weighted by Gasteiger charge is -2.28. The Morgan fingerprint density at radius 2 is 2.00 bits per heavy atom. The van der Waals surface area contributed by atoms with Crippen molar-refractivity contribution in [3.05, 3.63) is 35.6 Å². The molecule has 86 valence electrons. The average Bonchev–Trinajstić information content (AvgIpc) is 3.02. The van der Waals surface area contributed by atoms with Crippen LogP contribution in [-0.2, 0) is 10.3 Å². The van der Waals surface area contributed by atoms with Crippen molar-refractivity contribution in [1.29, 1.82) is 0 Å². The van der Waals surface area contributed by atoms with Gasteiger partial charge in [0.2, 0.25) is 5.91 Å². The maximum Gasteiger partial charge on any atom is 0.242 e. The Morgan fingerprint density at radius 3 is 2.44 bits per heavy atom. The third kappa shape index (κ3) is 2.07. The molecule has 0 radical (unpaired) electrons. The van der Waals surface area contributed by atoms with Gasteiger partial charge in [-0.3, -0.25) is 10.1 Å². The first kappa shape index (κ1) is 11.1. The Morgan fingerprint density at radius 1 is 1.44 bits per heavy atom. The van der Waals surface area contributed by atoms with Crippen molar-refractivity contribution in [3.8, 4) is 0 Å². The Balaban J connectivity index is 2.30. The van der Waals surface area contributed by atoms with E-state index in [1.807, 2.05) is 0 Å². The van der Waals surface area contributed by atoms with Gasteiger partial charge in [-0.15, -0.1) is 0 Å².